The van der Waals surface area contributed by atoms with Crippen LogP contribution in [-0.4, -0.2) is 5.78 Å². The van der Waals surface area contributed by atoms with Crippen molar-refractivity contribution in [2.75, 3.05) is 0 Å². The van der Waals surface area contributed by atoms with Gasteiger partial charge >= 0.3 is 0 Å². The minimum absolute atomic E-state index is 0.111. The molecule has 33 heavy (non-hydrogen) atoms. The second-order valence-electron chi connectivity index (χ2n) is 10.2. The summed E-state index contributed by atoms with van der Waals surface area (Å²) in [6.45, 7) is 19.6. The van der Waals surface area contributed by atoms with Gasteiger partial charge in [-0.2, -0.15) is 0 Å². The molecule has 0 amide bonds. The van der Waals surface area contributed by atoms with Gasteiger partial charge in [0.2, 0.25) is 0 Å². The lowest BCUT2D eigenvalue weighted by molar-refractivity contribution is 0.101. The first kappa shape index (κ1) is 26.6. The molecule has 1 nitrogen and oxygen atoms in total. The predicted molar refractivity (Wildman–Crippen MR) is 145 cm³/mol. The molecule has 0 aromatic heterocycles. The maximum Gasteiger partial charge on any atom is 0.159 e. The van der Waals surface area contributed by atoms with Crippen LogP contribution in [-0.2, 0) is 0 Å². The lowest BCUT2D eigenvalue weighted by atomic mass is 9.88. The van der Waals surface area contributed by atoms with Crippen LogP contribution in [0.5, 0.6) is 0 Å². The number of carbonyl (C=O) groups excluding carboxylic acids is 1. The molecule has 3 rings (SSSR count). The van der Waals surface area contributed by atoms with Crippen LogP contribution in [0.25, 0.3) is 11.1 Å². The van der Waals surface area contributed by atoms with Crippen LogP contribution < -0.4 is 0 Å². The van der Waals surface area contributed by atoms with Gasteiger partial charge in [0.15, 0.2) is 5.78 Å². The van der Waals surface area contributed by atoms with Crippen molar-refractivity contribution in [1.29, 1.82) is 0 Å². The second-order valence-corrected chi connectivity index (χ2v) is 10.2. The summed E-state index contributed by atoms with van der Waals surface area (Å²) in [6, 6.07) is 23.3. The van der Waals surface area contributed by atoms with E-state index >= 15 is 0 Å². The van der Waals surface area contributed by atoms with Crippen LogP contribution >= 0.6 is 0 Å². The van der Waals surface area contributed by atoms with Crippen molar-refractivity contribution in [1.82, 2.24) is 0 Å². The van der Waals surface area contributed by atoms with Gasteiger partial charge in [-0.15, -0.1) is 0 Å². The van der Waals surface area contributed by atoms with E-state index in [4.69, 9.17) is 0 Å². The fourth-order valence-corrected chi connectivity index (χ4v) is 4.24. The number of Topliss-reactive ketones (excluding diaryl/α,β-unsaturated/α-hetero) is 1. The normalized spacial score (nSPS) is 11.2. The Balaban J connectivity index is 0.000000273. The molecular weight excluding hydrogens is 400 g/mol. The third-order valence-corrected chi connectivity index (χ3v) is 6.20. The van der Waals surface area contributed by atoms with Crippen LogP contribution in [0.1, 0.15) is 119 Å². The van der Waals surface area contributed by atoms with Crippen LogP contribution in [0.4, 0.5) is 0 Å². The SMILES string of the molecule is CC(=O)c1ccc(-c2ccc(C(C)C)c(C(C)C)c2)cc1.CC(C)c1ccccc1C(C)C. The fourth-order valence-electron chi connectivity index (χ4n) is 4.24. The molecule has 0 unspecified atom stereocenters. The Morgan fingerprint density at radius 3 is 1.30 bits per heavy atom. The third kappa shape index (κ3) is 7.16. The molecule has 0 saturated carbocycles. The van der Waals surface area contributed by atoms with Crippen molar-refractivity contribution in [3.63, 3.8) is 0 Å². The average molecular weight is 443 g/mol. The molecule has 0 radical (unpaired) electrons. The Morgan fingerprint density at radius 1 is 0.515 bits per heavy atom. The fraction of sp³-hybridized carbons (Fsp3) is 0.406. The topological polar surface area (TPSA) is 17.1 Å². The van der Waals surface area contributed by atoms with Crippen molar-refractivity contribution in [3.8, 4) is 11.1 Å². The molecule has 0 spiro atoms. The molecule has 0 aliphatic rings. The van der Waals surface area contributed by atoms with Crippen LogP contribution in [0.15, 0.2) is 66.7 Å². The summed E-state index contributed by atoms with van der Waals surface area (Å²) in [5.74, 6) is 2.45. The highest BCUT2D eigenvalue weighted by Gasteiger charge is 2.12. The van der Waals surface area contributed by atoms with Gasteiger partial charge in [-0.1, -0.05) is 122 Å². The number of ketones is 1. The molecule has 3 aromatic carbocycles. The van der Waals surface area contributed by atoms with E-state index < -0.39 is 0 Å². The zero-order valence-electron chi connectivity index (χ0n) is 22.1. The van der Waals surface area contributed by atoms with E-state index in [0.717, 1.165) is 11.1 Å². The average Bonchev–Trinajstić information content (AvgIpc) is 2.79. The molecule has 176 valence electrons. The molecule has 0 atom stereocenters. The monoisotopic (exact) mass is 442 g/mol. The summed E-state index contributed by atoms with van der Waals surface area (Å²) in [4.78, 5) is 11.4. The van der Waals surface area contributed by atoms with Gasteiger partial charge < -0.3 is 0 Å². The number of hydrogen-bond donors (Lipinski definition) is 0. The molecule has 0 aliphatic heterocycles. The van der Waals surface area contributed by atoms with Gasteiger partial charge in [-0.25, -0.2) is 0 Å². The Bertz CT molecular complexity index is 1010. The second kappa shape index (κ2) is 12.0. The van der Waals surface area contributed by atoms with Crippen LogP contribution in [0, 0.1) is 0 Å². The number of hydrogen-bond acceptors (Lipinski definition) is 1. The van der Waals surface area contributed by atoms with Crippen molar-refractivity contribution >= 4 is 5.78 Å². The first-order chi connectivity index (χ1) is 15.5. The van der Waals surface area contributed by atoms with Gasteiger partial charge in [0.25, 0.3) is 0 Å². The molecule has 0 bridgehead atoms. The van der Waals surface area contributed by atoms with E-state index in [1.54, 1.807) is 6.92 Å². The maximum absolute atomic E-state index is 11.4. The van der Waals surface area contributed by atoms with E-state index in [9.17, 15) is 4.79 Å². The van der Waals surface area contributed by atoms with E-state index in [0.29, 0.717) is 23.7 Å². The first-order valence-electron chi connectivity index (χ1n) is 12.4. The minimum atomic E-state index is 0.111. The zero-order chi connectivity index (χ0) is 24.7. The summed E-state index contributed by atoms with van der Waals surface area (Å²) in [6.07, 6.45) is 0. The molecule has 0 saturated heterocycles. The molecular formula is C32H42O. The van der Waals surface area contributed by atoms with E-state index in [2.05, 4.69) is 97.9 Å². The van der Waals surface area contributed by atoms with Gasteiger partial charge in [0.05, 0.1) is 0 Å². The summed E-state index contributed by atoms with van der Waals surface area (Å²) in [5.41, 5.74) is 8.98. The summed E-state index contributed by atoms with van der Waals surface area (Å²) in [5, 5.41) is 0. The zero-order valence-corrected chi connectivity index (χ0v) is 22.1. The standard InChI is InChI=1S/C20H24O.C12H18/c1-13(2)19-11-10-18(12-20(19)14(3)4)17-8-6-16(7-9-17)15(5)21;1-9(2)11-7-5-6-8-12(11)10(3)4/h6-14H,1-5H3;5-10H,1-4H3. The van der Waals surface area contributed by atoms with Crippen molar-refractivity contribution in [2.24, 2.45) is 0 Å². The van der Waals surface area contributed by atoms with Crippen LogP contribution in [0.2, 0.25) is 0 Å². The Kier molecular flexibility index (Phi) is 9.65. The first-order valence-corrected chi connectivity index (χ1v) is 12.4. The molecule has 0 heterocycles. The largest absolute Gasteiger partial charge is 0.295 e. The Hall–Kier alpha value is -2.67. The van der Waals surface area contributed by atoms with Crippen molar-refractivity contribution in [3.05, 3.63) is 94.5 Å². The highest BCUT2D eigenvalue weighted by Crippen LogP contribution is 2.31. The van der Waals surface area contributed by atoms with Gasteiger partial charge in [-0.3, -0.25) is 4.79 Å². The highest BCUT2D eigenvalue weighted by molar-refractivity contribution is 5.94. The predicted octanol–water partition coefficient (Wildman–Crippen LogP) is 9.74. The number of carbonyl (C=O) groups is 1. The molecule has 3 aromatic rings. The van der Waals surface area contributed by atoms with Gasteiger partial charge in [0.1, 0.15) is 0 Å². The summed E-state index contributed by atoms with van der Waals surface area (Å²) < 4.78 is 0. The quantitative estimate of drug-likeness (QED) is 0.347. The third-order valence-electron chi connectivity index (χ3n) is 6.20. The molecule has 0 aliphatic carbocycles. The van der Waals surface area contributed by atoms with E-state index in [1.807, 2.05) is 24.3 Å². The number of rotatable bonds is 6. The molecule has 0 N–H and O–H groups in total. The molecule has 1 heteroatoms. The van der Waals surface area contributed by atoms with Gasteiger partial charge in [0, 0.05) is 5.56 Å². The summed E-state index contributed by atoms with van der Waals surface area (Å²) >= 11 is 0. The Labute approximate surface area is 202 Å². The molecule has 0 fully saturated rings. The minimum Gasteiger partial charge on any atom is -0.295 e. The smallest absolute Gasteiger partial charge is 0.159 e. The van der Waals surface area contributed by atoms with Gasteiger partial charge in [-0.05, 0) is 64.0 Å². The Morgan fingerprint density at radius 2 is 0.909 bits per heavy atom. The van der Waals surface area contributed by atoms with E-state index in [1.165, 1.54) is 27.8 Å². The van der Waals surface area contributed by atoms with E-state index in [-0.39, 0.29) is 5.78 Å². The number of benzene rings is 3. The van der Waals surface area contributed by atoms with Crippen molar-refractivity contribution < 1.29 is 4.79 Å². The summed E-state index contributed by atoms with van der Waals surface area (Å²) in [7, 11) is 0. The lowest BCUT2D eigenvalue weighted by Crippen LogP contribution is -1.99. The van der Waals surface area contributed by atoms with Crippen LogP contribution in [0.3, 0.4) is 0 Å². The maximum atomic E-state index is 11.4. The van der Waals surface area contributed by atoms with Crippen molar-refractivity contribution in [2.45, 2.75) is 86.0 Å². The lowest BCUT2D eigenvalue weighted by Gasteiger charge is -2.17. The highest BCUT2D eigenvalue weighted by atomic mass is 16.1.